The van der Waals surface area contributed by atoms with Crippen LogP contribution < -0.4 is 5.32 Å². The second-order valence-corrected chi connectivity index (χ2v) is 7.03. The lowest BCUT2D eigenvalue weighted by atomic mass is 10.1. The summed E-state index contributed by atoms with van der Waals surface area (Å²) in [5.74, 6) is -0.0563. The van der Waals surface area contributed by atoms with Crippen LogP contribution in [-0.2, 0) is 7.05 Å². The molecule has 0 fully saturated rings. The number of carbonyl (C=O) groups is 1. The number of carbonyl (C=O) groups excluding carboxylic acids is 1. The summed E-state index contributed by atoms with van der Waals surface area (Å²) in [6, 6.07) is 15.8. The van der Waals surface area contributed by atoms with E-state index < -0.39 is 0 Å². The van der Waals surface area contributed by atoms with Crippen molar-refractivity contribution in [1.29, 1.82) is 0 Å². The zero-order valence-electron chi connectivity index (χ0n) is 16.1. The van der Waals surface area contributed by atoms with Crippen LogP contribution in [0, 0.1) is 0 Å². The molecule has 0 spiro atoms. The maximum Gasteiger partial charge on any atom is 0.268 e. The molecule has 3 aromatic rings. The van der Waals surface area contributed by atoms with E-state index >= 15 is 0 Å². The van der Waals surface area contributed by atoms with Gasteiger partial charge in [-0.2, -0.15) is 0 Å². The fourth-order valence-electron chi connectivity index (χ4n) is 3.56. The van der Waals surface area contributed by atoms with Crippen LogP contribution in [0.1, 0.15) is 24.3 Å². The third-order valence-corrected chi connectivity index (χ3v) is 5.27. The highest BCUT2D eigenvalue weighted by atomic mass is 35.5. The quantitative estimate of drug-likeness (QED) is 0.648. The zero-order chi connectivity index (χ0) is 19.4. The predicted molar refractivity (Wildman–Crippen MR) is 113 cm³/mol. The first-order valence-corrected chi connectivity index (χ1v) is 9.78. The number of fused-ring (bicyclic) bond motifs is 1. The molecule has 1 aromatic heterocycles. The van der Waals surface area contributed by atoms with Crippen LogP contribution in [0.2, 0.25) is 5.02 Å². The molecular formula is C22H26ClN3O. The Morgan fingerprint density at radius 2 is 1.78 bits per heavy atom. The number of nitrogens with one attached hydrogen (secondary N) is 1. The molecule has 1 N–H and O–H groups in total. The van der Waals surface area contributed by atoms with Gasteiger partial charge in [-0.1, -0.05) is 61.8 Å². The van der Waals surface area contributed by atoms with Gasteiger partial charge < -0.3 is 14.8 Å². The van der Waals surface area contributed by atoms with Gasteiger partial charge >= 0.3 is 0 Å². The van der Waals surface area contributed by atoms with Crippen molar-refractivity contribution in [3.63, 3.8) is 0 Å². The Hall–Kier alpha value is -2.30. The summed E-state index contributed by atoms with van der Waals surface area (Å²) < 4.78 is 1.98. The van der Waals surface area contributed by atoms with Crippen molar-refractivity contribution in [3.05, 3.63) is 59.2 Å². The first kappa shape index (κ1) is 19.5. The van der Waals surface area contributed by atoms with Crippen molar-refractivity contribution in [3.8, 4) is 11.3 Å². The van der Waals surface area contributed by atoms with Gasteiger partial charge in [0, 0.05) is 35.9 Å². The van der Waals surface area contributed by atoms with E-state index in [4.69, 9.17) is 11.6 Å². The van der Waals surface area contributed by atoms with Gasteiger partial charge in [0.05, 0.1) is 5.69 Å². The van der Waals surface area contributed by atoms with Crippen molar-refractivity contribution in [1.82, 2.24) is 14.8 Å². The van der Waals surface area contributed by atoms with Crippen LogP contribution >= 0.6 is 11.6 Å². The highest BCUT2D eigenvalue weighted by Gasteiger charge is 2.21. The van der Waals surface area contributed by atoms with Crippen molar-refractivity contribution >= 4 is 28.3 Å². The van der Waals surface area contributed by atoms with Crippen molar-refractivity contribution in [2.45, 2.75) is 13.8 Å². The molecule has 3 rings (SSSR count). The Balaban J connectivity index is 1.98. The summed E-state index contributed by atoms with van der Waals surface area (Å²) >= 11 is 6.25. The molecule has 142 valence electrons. The summed E-state index contributed by atoms with van der Waals surface area (Å²) in [4.78, 5) is 15.3. The molecular weight excluding hydrogens is 358 g/mol. The van der Waals surface area contributed by atoms with Gasteiger partial charge in [-0.05, 0) is 30.8 Å². The Morgan fingerprint density at radius 3 is 2.44 bits per heavy atom. The molecule has 0 aliphatic rings. The first-order chi connectivity index (χ1) is 13.1. The number of nitrogens with zero attached hydrogens (tertiary/aromatic N) is 2. The molecule has 0 saturated carbocycles. The Bertz CT molecular complexity index is 930. The van der Waals surface area contributed by atoms with Gasteiger partial charge in [0.2, 0.25) is 0 Å². The topological polar surface area (TPSA) is 37.3 Å². The molecule has 5 heteroatoms. The lowest BCUT2D eigenvalue weighted by Gasteiger charge is -2.18. The smallest absolute Gasteiger partial charge is 0.268 e. The molecule has 0 aliphatic heterocycles. The average molecular weight is 384 g/mol. The molecule has 4 nitrogen and oxygen atoms in total. The Labute approximate surface area is 165 Å². The third kappa shape index (κ3) is 4.02. The monoisotopic (exact) mass is 383 g/mol. The second-order valence-electron chi connectivity index (χ2n) is 6.59. The predicted octanol–water partition coefficient (Wildman–Crippen LogP) is 4.57. The summed E-state index contributed by atoms with van der Waals surface area (Å²) in [5, 5.41) is 5.65. The minimum atomic E-state index is -0.0563. The molecule has 0 aliphatic carbocycles. The number of likely N-dealkylation sites (N-methyl/N-ethyl adjacent to an activating group) is 1. The van der Waals surface area contributed by atoms with Crippen LogP contribution in [0.4, 0.5) is 0 Å². The molecule has 1 amide bonds. The highest BCUT2D eigenvalue weighted by Crippen LogP contribution is 2.34. The minimum Gasteiger partial charge on any atom is -0.349 e. The fourth-order valence-corrected chi connectivity index (χ4v) is 3.74. The van der Waals surface area contributed by atoms with Gasteiger partial charge in [0.1, 0.15) is 5.69 Å². The van der Waals surface area contributed by atoms with Crippen LogP contribution in [0.15, 0.2) is 48.5 Å². The van der Waals surface area contributed by atoms with E-state index in [2.05, 4.69) is 36.2 Å². The number of hydrogen-bond acceptors (Lipinski definition) is 2. The molecule has 0 atom stereocenters. The van der Waals surface area contributed by atoms with E-state index in [1.165, 1.54) is 0 Å². The third-order valence-electron chi connectivity index (χ3n) is 5.03. The van der Waals surface area contributed by atoms with Gasteiger partial charge in [-0.3, -0.25) is 4.79 Å². The van der Waals surface area contributed by atoms with Gasteiger partial charge in [-0.25, -0.2) is 0 Å². The minimum absolute atomic E-state index is 0.0563. The number of halogens is 1. The summed E-state index contributed by atoms with van der Waals surface area (Å²) in [6.07, 6.45) is 0. The van der Waals surface area contributed by atoms with Crippen molar-refractivity contribution in [2.75, 3.05) is 26.2 Å². The van der Waals surface area contributed by atoms with E-state index in [9.17, 15) is 4.79 Å². The van der Waals surface area contributed by atoms with Crippen LogP contribution in [0.25, 0.3) is 22.0 Å². The largest absolute Gasteiger partial charge is 0.349 e. The van der Waals surface area contributed by atoms with Crippen LogP contribution in [-0.4, -0.2) is 41.6 Å². The van der Waals surface area contributed by atoms with E-state index in [1.807, 2.05) is 48.0 Å². The standard InChI is InChI=1S/C22H26ClN3O/c1-4-26(5-2)14-13-24-22(27)21-18-12-11-17(23)15-19(18)20(25(21)3)16-9-7-6-8-10-16/h6-12,15H,4-5,13-14H2,1-3H3,(H,24,27). The van der Waals surface area contributed by atoms with Crippen molar-refractivity contribution in [2.24, 2.45) is 7.05 Å². The molecule has 0 bridgehead atoms. The number of aromatic nitrogens is 1. The lowest BCUT2D eigenvalue weighted by Crippen LogP contribution is -2.35. The van der Waals surface area contributed by atoms with Crippen LogP contribution in [0.5, 0.6) is 0 Å². The maximum absolute atomic E-state index is 13.0. The number of rotatable bonds is 7. The summed E-state index contributed by atoms with van der Waals surface area (Å²) in [6.45, 7) is 7.70. The van der Waals surface area contributed by atoms with E-state index in [0.717, 1.165) is 41.7 Å². The first-order valence-electron chi connectivity index (χ1n) is 9.40. The molecule has 0 unspecified atom stereocenters. The highest BCUT2D eigenvalue weighted by molar-refractivity contribution is 6.31. The average Bonchev–Trinajstić information content (AvgIpc) is 2.96. The summed E-state index contributed by atoms with van der Waals surface area (Å²) in [5.41, 5.74) is 2.73. The fraction of sp³-hybridized carbons (Fsp3) is 0.318. The lowest BCUT2D eigenvalue weighted by molar-refractivity contribution is 0.0942. The number of hydrogen-bond donors (Lipinski definition) is 1. The maximum atomic E-state index is 13.0. The van der Waals surface area contributed by atoms with E-state index in [0.29, 0.717) is 17.3 Å². The SMILES string of the molecule is CCN(CC)CCNC(=O)c1c2ccc(Cl)cc2c(-c2ccccc2)n1C. The van der Waals surface area contributed by atoms with Crippen LogP contribution in [0.3, 0.4) is 0 Å². The van der Waals surface area contributed by atoms with Gasteiger partial charge in [0.25, 0.3) is 5.91 Å². The molecule has 1 heterocycles. The normalized spacial score (nSPS) is 11.3. The zero-order valence-corrected chi connectivity index (χ0v) is 16.9. The van der Waals surface area contributed by atoms with Gasteiger partial charge in [-0.15, -0.1) is 0 Å². The molecule has 2 aromatic carbocycles. The number of benzene rings is 2. The Kier molecular flexibility index (Phi) is 6.19. The van der Waals surface area contributed by atoms with E-state index in [1.54, 1.807) is 0 Å². The molecule has 27 heavy (non-hydrogen) atoms. The number of amides is 1. The molecule has 0 saturated heterocycles. The second kappa shape index (κ2) is 8.59. The summed E-state index contributed by atoms with van der Waals surface area (Å²) in [7, 11) is 1.94. The Morgan fingerprint density at radius 1 is 1.07 bits per heavy atom. The van der Waals surface area contributed by atoms with Gasteiger partial charge in [0.15, 0.2) is 0 Å². The molecule has 0 radical (unpaired) electrons. The van der Waals surface area contributed by atoms with Crippen molar-refractivity contribution < 1.29 is 4.79 Å². The van der Waals surface area contributed by atoms with E-state index in [-0.39, 0.29) is 5.91 Å².